The molecule has 0 aromatic heterocycles. The molecule has 0 aromatic rings. The predicted octanol–water partition coefficient (Wildman–Crippen LogP) is -1.14. The molecule has 20 valence electrons. The Balaban J connectivity index is 0. The van der Waals surface area contributed by atoms with Gasteiger partial charge in [0.15, 0.2) is 0 Å². The standard InChI is InChI=1S/Ba.H2O.Sr.Zr.4H/h;1H2;;;;;;/q+2;;+2;;4*-1. The van der Waals surface area contributed by atoms with Crippen molar-refractivity contribution in [2.75, 3.05) is 0 Å². The maximum atomic E-state index is 0. The van der Waals surface area contributed by atoms with E-state index in [1.807, 2.05) is 0 Å². The van der Waals surface area contributed by atoms with Crippen LogP contribution in [-0.2, 0) is 26.2 Å². The Bertz CT molecular complexity index is 16.0. The van der Waals surface area contributed by atoms with Gasteiger partial charge < -0.3 is 11.2 Å². The van der Waals surface area contributed by atoms with E-state index in [1.54, 1.807) is 0 Å². The molecule has 0 radical (unpaired) electrons. The minimum Gasteiger partial charge on any atom is -1.00 e. The van der Waals surface area contributed by atoms with E-state index in [0.29, 0.717) is 0 Å². The van der Waals surface area contributed by atoms with Crippen LogP contribution >= 0.6 is 0 Å². The molecule has 0 aliphatic heterocycles. The van der Waals surface area contributed by atoms with Crippen LogP contribution in [0.2, 0.25) is 0 Å². The van der Waals surface area contributed by atoms with Crippen LogP contribution in [0.25, 0.3) is 0 Å². The van der Waals surface area contributed by atoms with Crippen molar-refractivity contribution < 1.29 is 37.4 Å². The molecule has 0 aromatic carbocycles. The molecule has 0 aliphatic carbocycles. The zero-order chi connectivity index (χ0) is 0. The zero-order valence-corrected chi connectivity index (χ0v) is 12.8. The molecule has 0 rings (SSSR count). The van der Waals surface area contributed by atoms with Crippen molar-refractivity contribution in [3.8, 4) is 0 Å². The maximum Gasteiger partial charge on any atom is 2.00 e. The molecule has 0 saturated carbocycles. The molecule has 0 unspecified atom stereocenters. The smallest absolute Gasteiger partial charge is 1.00 e. The molecule has 4 heteroatoms. The minimum absolute atomic E-state index is 0. The fourth-order valence-corrected chi connectivity index (χ4v) is 0. The number of hydrogen-bond donors (Lipinski definition) is 0. The van der Waals surface area contributed by atoms with E-state index >= 15 is 0 Å². The van der Waals surface area contributed by atoms with Crippen LogP contribution in [0.15, 0.2) is 0 Å². The predicted molar refractivity (Wildman–Crippen MR) is 19.6 cm³/mol. The van der Waals surface area contributed by atoms with Crippen molar-refractivity contribution in [3.63, 3.8) is 0 Å². The zero-order valence-electron chi connectivity index (χ0n) is 6.41. The summed E-state index contributed by atoms with van der Waals surface area (Å²) in [6, 6.07) is 0. The van der Waals surface area contributed by atoms with Gasteiger partial charge in [-0.15, -0.1) is 0 Å². The third kappa shape index (κ3) is 9.31. The topological polar surface area (TPSA) is 31.5 Å². The van der Waals surface area contributed by atoms with Gasteiger partial charge in [0.25, 0.3) is 0 Å². The molecular weight excluding hydrogens is 332 g/mol. The van der Waals surface area contributed by atoms with Crippen molar-refractivity contribution >= 4 is 94.4 Å². The van der Waals surface area contributed by atoms with E-state index in [9.17, 15) is 0 Å². The molecule has 0 atom stereocenters. The molecule has 0 fully saturated rings. The van der Waals surface area contributed by atoms with Crippen LogP contribution in [0.5, 0.6) is 0 Å². The summed E-state index contributed by atoms with van der Waals surface area (Å²) in [7, 11) is 0. The number of rotatable bonds is 0. The van der Waals surface area contributed by atoms with Crippen LogP contribution in [0.4, 0.5) is 0 Å². The first kappa shape index (κ1) is 24.7. The molecule has 0 amide bonds. The molecule has 0 bridgehead atoms. The Morgan fingerprint density at radius 1 is 1.25 bits per heavy atom. The molecule has 0 spiro atoms. The maximum absolute atomic E-state index is 0. The molecule has 1 nitrogen and oxygen atoms in total. The fraction of sp³-hybridized carbons (Fsp3) is 0. The summed E-state index contributed by atoms with van der Waals surface area (Å²) in [4.78, 5) is 0. The second kappa shape index (κ2) is 15.8. The third-order valence-electron chi connectivity index (χ3n) is 0. The van der Waals surface area contributed by atoms with E-state index in [4.69, 9.17) is 0 Å². The Labute approximate surface area is 128 Å². The molecular formula is H6BaOSrZr. The van der Waals surface area contributed by atoms with Gasteiger partial charge in [-0.2, -0.15) is 0 Å². The van der Waals surface area contributed by atoms with E-state index in [2.05, 4.69) is 0 Å². The van der Waals surface area contributed by atoms with E-state index in [0.717, 1.165) is 0 Å². The van der Waals surface area contributed by atoms with Gasteiger partial charge in [0.1, 0.15) is 0 Å². The summed E-state index contributed by atoms with van der Waals surface area (Å²) in [5.41, 5.74) is 0. The largest absolute Gasteiger partial charge is 2.00 e. The summed E-state index contributed by atoms with van der Waals surface area (Å²) < 4.78 is 0. The summed E-state index contributed by atoms with van der Waals surface area (Å²) in [5.74, 6) is 0. The van der Waals surface area contributed by atoms with Crippen LogP contribution < -0.4 is 0 Å². The molecule has 2 N–H and O–H groups in total. The average Bonchev–Trinajstić information content (AvgIpc) is 0. The van der Waals surface area contributed by atoms with Crippen LogP contribution in [0.3, 0.4) is 0 Å². The first-order valence-electron chi connectivity index (χ1n) is 0. The van der Waals surface area contributed by atoms with Crippen molar-refractivity contribution in [3.05, 3.63) is 0 Å². The van der Waals surface area contributed by atoms with Crippen molar-refractivity contribution in [2.24, 2.45) is 0 Å². The van der Waals surface area contributed by atoms with Crippen LogP contribution in [-0.4, -0.2) is 99.8 Å². The first-order chi connectivity index (χ1) is 0. The monoisotopic (exact) mass is 338 g/mol. The Morgan fingerprint density at radius 3 is 1.25 bits per heavy atom. The van der Waals surface area contributed by atoms with Crippen molar-refractivity contribution in [1.29, 1.82) is 0 Å². The Hall–Kier alpha value is 3.90. The van der Waals surface area contributed by atoms with Gasteiger partial charge in [-0.1, -0.05) is 0 Å². The van der Waals surface area contributed by atoms with E-state index in [-0.39, 0.29) is 132 Å². The normalized spacial score (nSPS) is 0. The Kier molecular flexibility index (Phi) is 97.7. The van der Waals surface area contributed by atoms with Gasteiger partial charge in [-0.05, 0) is 0 Å². The van der Waals surface area contributed by atoms with E-state index in [1.165, 1.54) is 0 Å². The summed E-state index contributed by atoms with van der Waals surface area (Å²) in [6.07, 6.45) is 0. The van der Waals surface area contributed by atoms with Gasteiger partial charge in [-0.3, -0.25) is 0 Å². The van der Waals surface area contributed by atoms with Gasteiger partial charge in [-0.25, -0.2) is 0 Å². The molecule has 4 heavy (non-hydrogen) atoms. The molecule has 0 saturated heterocycles. The average molecular weight is 338 g/mol. The van der Waals surface area contributed by atoms with Gasteiger partial charge in [0.2, 0.25) is 0 Å². The van der Waals surface area contributed by atoms with Crippen LogP contribution in [0, 0.1) is 0 Å². The van der Waals surface area contributed by atoms with Crippen LogP contribution in [0.1, 0.15) is 5.71 Å². The summed E-state index contributed by atoms with van der Waals surface area (Å²) in [6.45, 7) is 0. The minimum atomic E-state index is 0. The SMILES string of the molecule is O.[Ba+2].[H-].[H-].[H-].[H-].[Sr+2].[Zr]. The van der Waals surface area contributed by atoms with Crippen molar-refractivity contribution in [1.82, 2.24) is 0 Å². The quantitative estimate of drug-likeness (QED) is 0.501. The van der Waals surface area contributed by atoms with E-state index < -0.39 is 0 Å². The number of hydrogen-bond acceptors (Lipinski definition) is 0. The molecule has 0 heterocycles. The van der Waals surface area contributed by atoms with Gasteiger partial charge in [0.05, 0.1) is 0 Å². The third-order valence-corrected chi connectivity index (χ3v) is 0. The van der Waals surface area contributed by atoms with Gasteiger partial charge >= 0.3 is 94.4 Å². The second-order valence-corrected chi connectivity index (χ2v) is 0. The first-order valence-corrected chi connectivity index (χ1v) is 0. The molecule has 0 aliphatic rings. The summed E-state index contributed by atoms with van der Waals surface area (Å²) >= 11 is 0. The summed E-state index contributed by atoms with van der Waals surface area (Å²) in [5, 5.41) is 0. The second-order valence-electron chi connectivity index (χ2n) is 0. The van der Waals surface area contributed by atoms with Gasteiger partial charge in [0, 0.05) is 26.2 Å². The fourth-order valence-electron chi connectivity index (χ4n) is 0. The Morgan fingerprint density at radius 2 is 1.25 bits per heavy atom. The van der Waals surface area contributed by atoms with Crippen molar-refractivity contribution in [2.45, 2.75) is 0 Å².